The Hall–Kier alpha value is -6.77. The van der Waals surface area contributed by atoms with Crippen molar-refractivity contribution in [3.05, 3.63) is 147 Å². The average molecular weight is 1250 g/mol. The average Bonchev–Trinajstić information content (AvgIpc) is 3.44. The molecule has 0 aliphatic carbocycles. The molecule has 7 amide bonds. The fourth-order valence-electron chi connectivity index (χ4n) is 8.85. The van der Waals surface area contributed by atoms with Crippen LogP contribution in [0.2, 0.25) is 0 Å². The van der Waals surface area contributed by atoms with E-state index in [0.29, 0.717) is 38.7 Å². The summed E-state index contributed by atoms with van der Waals surface area (Å²) in [7, 11) is 2.03. The van der Waals surface area contributed by atoms with Crippen molar-refractivity contribution >= 4 is 102 Å². The van der Waals surface area contributed by atoms with Crippen LogP contribution in [-0.2, 0) is 57.6 Å². The summed E-state index contributed by atoms with van der Waals surface area (Å²) < 4.78 is 0.416. The summed E-state index contributed by atoms with van der Waals surface area (Å²) in [6.45, 7) is 3.20. The first-order valence-corrected chi connectivity index (χ1v) is 29.7. The van der Waals surface area contributed by atoms with Gasteiger partial charge in [0.05, 0.1) is 15.7 Å². The van der Waals surface area contributed by atoms with E-state index in [2.05, 4.69) is 37.2 Å². The van der Waals surface area contributed by atoms with E-state index in [1.807, 2.05) is 65.1 Å². The van der Waals surface area contributed by atoms with Crippen LogP contribution in [-0.4, -0.2) is 135 Å². The highest BCUT2D eigenvalue weighted by Crippen LogP contribution is 2.27. The molecule has 426 valence electrons. The van der Waals surface area contributed by atoms with E-state index in [-0.39, 0.29) is 49.5 Å². The van der Waals surface area contributed by atoms with Gasteiger partial charge in [0.25, 0.3) is 0 Å². The molecule has 23 heteroatoms. The van der Waals surface area contributed by atoms with Crippen molar-refractivity contribution in [2.24, 2.45) is 11.5 Å². The van der Waals surface area contributed by atoms with Gasteiger partial charge in [0.2, 0.25) is 41.4 Å². The number of phenolic OH excluding ortho intramolecular Hbond substituents is 1. The predicted molar refractivity (Wildman–Crippen MR) is 316 cm³/mol. The minimum atomic E-state index is -1.74. The molecule has 1 aliphatic heterocycles. The number of carbonyl (C=O) groups is 8. The number of carboxylic acid groups (broad SMARTS) is 1. The maximum atomic E-state index is 15.1. The number of nitrogens with one attached hydrogen (secondary N) is 7. The third-order valence-electron chi connectivity index (χ3n) is 13.5. The number of aromatic hydroxyl groups is 1. The van der Waals surface area contributed by atoms with Crippen LogP contribution in [0.25, 0.3) is 10.8 Å². The number of nitrogens with two attached hydrogens (primary N) is 2. The zero-order valence-corrected chi connectivity index (χ0v) is 47.9. The molecule has 0 saturated carbocycles. The SMILES string of the molecule is C[C@H](c1ccc2ccccc2c1)[C@@H]1NC(=O)[C@H](Cc2ccccc2)NC(=O)[C@H](Cc2ccccc2)NC(=O)[C@H](N)CSSC[C@@H](C(=O)O)NC(=O)[C@H](Cc2ccc(O)c(I)c2)NC(=O)[C@H]([C@@H](C)O)NC(=O)[C@H](CCCCN)NC1=O. The van der Waals surface area contributed by atoms with Crippen molar-refractivity contribution in [1.82, 2.24) is 37.2 Å². The number of fused-ring (bicyclic) bond motifs is 1. The van der Waals surface area contributed by atoms with Gasteiger partial charge >= 0.3 is 5.97 Å². The van der Waals surface area contributed by atoms with E-state index in [4.69, 9.17) is 11.5 Å². The molecule has 1 saturated heterocycles. The maximum absolute atomic E-state index is 15.1. The molecule has 20 nitrogen and oxygen atoms in total. The second kappa shape index (κ2) is 30.7. The number of unbranched alkanes of at least 4 members (excludes halogenated alkanes) is 1. The number of carbonyl (C=O) groups excluding carboxylic acids is 7. The largest absolute Gasteiger partial charge is 0.507 e. The molecule has 0 spiro atoms. The smallest absolute Gasteiger partial charge is 0.327 e. The Labute approximate surface area is 485 Å². The molecular formula is C57H68IN9O11S2. The monoisotopic (exact) mass is 1250 g/mol. The highest BCUT2D eigenvalue weighted by molar-refractivity contribution is 14.1. The van der Waals surface area contributed by atoms with E-state index in [9.17, 15) is 44.1 Å². The van der Waals surface area contributed by atoms with Crippen LogP contribution >= 0.6 is 44.2 Å². The Bertz CT molecular complexity index is 2960. The Morgan fingerprint density at radius 1 is 0.575 bits per heavy atom. The van der Waals surface area contributed by atoms with Crippen molar-refractivity contribution in [2.45, 2.75) is 113 Å². The molecule has 0 bridgehead atoms. The van der Waals surface area contributed by atoms with Crippen LogP contribution in [0, 0.1) is 3.57 Å². The fourth-order valence-corrected chi connectivity index (χ4v) is 11.7. The number of carboxylic acids is 1. The minimum absolute atomic E-state index is 0.0177. The van der Waals surface area contributed by atoms with E-state index in [0.717, 1.165) is 32.4 Å². The summed E-state index contributed by atoms with van der Waals surface area (Å²) in [6, 6.07) is 23.8. The molecular weight excluding hydrogens is 1180 g/mol. The third kappa shape index (κ3) is 18.4. The summed E-state index contributed by atoms with van der Waals surface area (Å²) in [5, 5.41) is 52.3. The standard InChI is InChI=1S/C57H68IN9O11S2/c1-32(38-22-21-37-17-9-10-18-39(37)29-38)48-55(75)61-42(19-11-12-24-59)51(71)67-49(33(2)68)56(76)64-45(28-36-20-23-47(69)40(58)25-36)53(73)65-46(57(77)78)31-80-79-30-41(60)50(70)62-43(26-34-13-5-3-6-14-34)52(72)63-44(54(74)66-48)27-35-15-7-4-8-16-35/h3-10,13-18,20-23,25,29,32-33,41-46,48-49,68-69H,11-12,19,24,26-28,30-31,59-60H2,1-2H3,(H,61,75)(H,62,70)(H,63,72)(H,64,76)(H,65,73)(H,66,74)(H,67,71)(H,77,78)/t32-,33-,41-,42+,43+,44+,45+,46+,48+,49+/m1/s1. The quantitative estimate of drug-likeness (QED) is 0.0432. The van der Waals surface area contributed by atoms with Crippen molar-refractivity contribution in [1.29, 1.82) is 0 Å². The van der Waals surface area contributed by atoms with Gasteiger partial charge in [0.15, 0.2) is 0 Å². The van der Waals surface area contributed by atoms with Crippen LogP contribution in [0.1, 0.15) is 61.3 Å². The highest BCUT2D eigenvalue weighted by Gasteiger charge is 2.38. The Morgan fingerprint density at radius 3 is 1.68 bits per heavy atom. The molecule has 0 radical (unpaired) electrons. The van der Waals surface area contributed by atoms with Crippen molar-refractivity contribution in [2.75, 3.05) is 18.1 Å². The molecule has 5 aromatic carbocycles. The number of aliphatic hydroxyl groups is 1. The number of hydrogen-bond acceptors (Lipinski definition) is 14. The third-order valence-corrected chi connectivity index (χ3v) is 16.8. The number of phenols is 1. The molecule has 14 N–H and O–H groups in total. The molecule has 80 heavy (non-hydrogen) atoms. The lowest BCUT2D eigenvalue weighted by Crippen LogP contribution is -2.62. The lowest BCUT2D eigenvalue weighted by atomic mass is 9.90. The highest BCUT2D eigenvalue weighted by atomic mass is 127. The first kappa shape index (κ1) is 62.4. The Kier molecular flexibility index (Phi) is 24.0. The summed E-state index contributed by atoms with van der Waals surface area (Å²) in [5.41, 5.74) is 14.7. The lowest BCUT2D eigenvalue weighted by Gasteiger charge is -2.31. The number of rotatable bonds is 14. The molecule has 6 rings (SSSR count). The second-order valence-corrected chi connectivity index (χ2v) is 23.3. The maximum Gasteiger partial charge on any atom is 0.327 e. The van der Waals surface area contributed by atoms with Gasteiger partial charge in [-0.15, -0.1) is 0 Å². The van der Waals surface area contributed by atoms with Crippen molar-refractivity contribution < 1.29 is 53.7 Å². The van der Waals surface area contributed by atoms with Gasteiger partial charge in [-0.1, -0.05) is 138 Å². The van der Waals surface area contributed by atoms with Crippen molar-refractivity contribution in [3.63, 3.8) is 0 Å². The van der Waals surface area contributed by atoms with Gasteiger partial charge < -0.3 is 64.0 Å². The van der Waals surface area contributed by atoms with Gasteiger partial charge in [-0.2, -0.15) is 0 Å². The van der Waals surface area contributed by atoms with Crippen LogP contribution in [0.4, 0.5) is 0 Å². The zero-order valence-electron chi connectivity index (χ0n) is 44.1. The molecule has 0 unspecified atom stereocenters. The summed E-state index contributed by atoms with van der Waals surface area (Å²) in [6.07, 6.45) is -1.19. The second-order valence-electron chi connectivity index (χ2n) is 19.6. The number of halogens is 1. The Morgan fingerprint density at radius 2 is 1.07 bits per heavy atom. The first-order chi connectivity index (χ1) is 38.3. The normalized spacial score (nSPS) is 23.4. The minimum Gasteiger partial charge on any atom is -0.507 e. The Balaban J connectivity index is 1.42. The summed E-state index contributed by atoms with van der Waals surface area (Å²) in [5.74, 6) is -8.54. The van der Waals surface area contributed by atoms with Gasteiger partial charge in [-0.25, -0.2) is 4.79 Å². The molecule has 5 aromatic rings. The number of hydrogen-bond donors (Lipinski definition) is 12. The zero-order chi connectivity index (χ0) is 57.9. The van der Waals surface area contributed by atoms with Crippen LogP contribution in [0.15, 0.2) is 121 Å². The van der Waals surface area contributed by atoms with Crippen LogP contribution in [0.3, 0.4) is 0 Å². The number of aliphatic carboxylic acids is 1. The topological polar surface area (TPSA) is 333 Å². The molecule has 0 aromatic heterocycles. The fraction of sp³-hybridized carbons (Fsp3) is 0.368. The van der Waals surface area contributed by atoms with E-state index >= 15 is 9.59 Å². The molecule has 10 atom stereocenters. The van der Waals surface area contributed by atoms with E-state index < -0.39 is 108 Å². The van der Waals surface area contributed by atoms with Gasteiger partial charge in [0.1, 0.15) is 48.0 Å². The van der Waals surface area contributed by atoms with Crippen LogP contribution in [0.5, 0.6) is 5.75 Å². The predicted octanol–water partition coefficient (Wildman–Crippen LogP) is 2.69. The lowest BCUT2D eigenvalue weighted by molar-refractivity contribution is -0.141. The van der Waals surface area contributed by atoms with Crippen LogP contribution < -0.4 is 48.7 Å². The number of benzene rings is 5. The van der Waals surface area contributed by atoms with E-state index in [1.54, 1.807) is 73.7 Å². The van der Waals surface area contributed by atoms with Gasteiger partial charge in [0, 0.05) is 36.7 Å². The van der Waals surface area contributed by atoms with E-state index in [1.165, 1.54) is 19.1 Å². The van der Waals surface area contributed by atoms with Gasteiger partial charge in [-0.05, 0) is 100 Å². The summed E-state index contributed by atoms with van der Waals surface area (Å²) in [4.78, 5) is 114. The molecule has 1 aliphatic rings. The summed E-state index contributed by atoms with van der Waals surface area (Å²) >= 11 is 1.88. The molecule has 1 heterocycles. The number of amides is 7. The number of aliphatic hydroxyl groups excluding tert-OH is 1. The van der Waals surface area contributed by atoms with Crippen molar-refractivity contribution in [3.8, 4) is 5.75 Å². The molecule has 1 fully saturated rings. The van der Waals surface area contributed by atoms with Gasteiger partial charge in [-0.3, -0.25) is 33.6 Å². The first-order valence-electron chi connectivity index (χ1n) is 26.1.